The fourth-order valence-electron chi connectivity index (χ4n) is 2.45. The monoisotopic (exact) mass is 408 g/mol. The number of benzene rings is 1. The largest absolute Gasteiger partial charge is 0.295 e. The normalized spacial score (nSPS) is 11.0. The maximum Gasteiger partial charge on any atom is 0.276 e. The van der Waals surface area contributed by atoms with Gasteiger partial charge in [0, 0.05) is 23.3 Å². The molecule has 1 amide bonds. The van der Waals surface area contributed by atoms with E-state index in [1.54, 1.807) is 23.8 Å². The SMILES string of the molecule is CC(C)c1ccc(-c2nnc(NC(=O)c3csc(-c4ncccn4)n3)s2)cc1. The van der Waals surface area contributed by atoms with Gasteiger partial charge in [-0.2, -0.15) is 0 Å². The van der Waals surface area contributed by atoms with Crippen molar-refractivity contribution in [3.63, 3.8) is 0 Å². The van der Waals surface area contributed by atoms with E-state index < -0.39 is 0 Å². The van der Waals surface area contributed by atoms with Gasteiger partial charge in [0.1, 0.15) is 10.7 Å². The van der Waals surface area contributed by atoms with Crippen molar-refractivity contribution in [3.05, 3.63) is 59.4 Å². The Balaban J connectivity index is 1.46. The molecular formula is C19H16N6OS2. The van der Waals surface area contributed by atoms with Crippen LogP contribution < -0.4 is 5.32 Å². The summed E-state index contributed by atoms with van der Waals surface area (Å²) in [5.41, 5.74) is 2.54. The van der Waals surface area contributed by atoms with E-state index >= 15 is 0 Å². The predicted molar refractivity (Wildman–Crippen MR) is 111 cm³/mol. The van der Waals surface area contributed by atoms with Crippen molar-refractivity contribution in [1.82, 2.24) is 25.1 Å². The van der Waals surface area contributed by atoms with Gasteiger partial charge in [-0.15, -0.1) is 21.5 Å². The molecule has 0 radical (unpaired) electrons. The molecule has 0 spiro atoms. The van der Waals surface area contributed by atoms with Crippen LogP contribution in [0.1, 0.15) is 35.8 Å². The highest BCUT2D eigenvalue weighted by Crippen LogP contribution is 2.28. The standard InChI is InChI=1S/C19H16N6OS2/c1-11(2)12-4-6-13(7-5-12)17-24-25-19(28-17)23-16(26)14-10-27-18(22-14)15-20-8-3-9-21-15/h3-11H,1-2H3,(H,23,25,26). The van der Waals surface area contributed by atoms with Gasteiger partial charge < -0.3 is 0 Å². The highest BCUT2D eigenvalue weighted by atomic mass is 32.1. The van der Waals surface area contributed by atoms with Crippen LogP contribution in [0.3, 0.4) is 0 Å². The molecule has 4 rings (SSSR count). The molecule has 0 saturated heterocycles. The summed E-state index contributed by atoms with van der Waals surface area (Å²) in [6.07, 6.45) is 3.28. The number of nitrogens with one attached hydrogen (secondary N) is 1. The zero-order valence-electron chi connectivity index (χ0n) is 15.2. The molecule has 3 heterocycles. The van der Waals surface area contributed by atoms with E-state index in [0.717, 1.165) is 10.6 Å². The Morgan fingerprint density at radius 2 is 1.79 bits per heavy atom. The second kappa shape index (κ2) is 7.91. The number of hydrogen-bond donors (Lipinski definition) is 1. The first-order valence-electron chi connectivity index (χ1n) is 8.58. The molecule has 0 aliphatic heterocycles. The van der Waals surface area contributed by atoms with Gasteiger partial charge in [-0.25, -0.2) is 15.0 Å². The van der Waals surface area contributed by atoms with Crippen molar-refractivity contribution in [1.29, 1.82) is 0 Å². The lowest BCUT2D eigenvalue weighted by Crippen LogP contribution is -2.12. The van der Waals surface area contributed by atoms with E-state index in [0.29, 0.717) is 27.6 Å². The summed E-state index contributed by atoms with van der Waals surface area (Å²) in [6, 6.07) is 9.94. The first-order valence-corrected chi connectivity index (χ1v) is 10.3. The fraction of sp³-hybridized carbons (Fsp3) is 0.158. The van der Waals surface area contributed by atoms with E-state index in [1.165, 1.54) is 28.2 Å². The molecule has 28 heavy (non-hydrogen) atoms. The van der Waals surface area contributed by atoms with E-state index in [1.807, 2.05) is 12.1 Å². The summed E-state index contributed by atoms with van der Waals surface area (Å²) < 4.78 is 0. The lowest BCUT2D eigenvalue weighted by atomic mass is 10.0. The summed E-state index contributed by atoms with van der Waals surface area (Å²) in [4.78, 5) is 25.0. The highest BCUT2D eigenvalue weighted by Gasteiger charge is 2.16. The summed E-state index contributed by atoms with van der Waals surface area (Å²) >= 11 is 2.64. The zero-order chi connectivity index (χ0) is 19.5. The minimum atomic E-state index is -0.337. The van der Waals surface area contributed by atoms with Crippen LogP contribution in [0.25, 0.3) is 21.4 Å². The lowest BCUT2D eigenvalue weighted by Gasteiger charge is -2.04. The van der Waals surface area contributed by atoms with Crippen LogP contribution >= 0.6 is 22.7 Å². The molecule has 140 valence electrons. The summed E-state index contributed by atoms with van der Waals surface area (Å²) in [5.74, 6) is 0.633. The number of anilines is 1. The Hall–Kier alpha value is -3.04. The Bertz CT molecular complexity index is 1090. The second-order valence-corrected chi connectivity index (χ2v) is 8.09. The lowest BCUT2D eigenvalue weighted by molar-refractivity contribution is 0.102. The van der Waals surface area contributed by atoms with Gasteiger partial charge in [0.15, 0.2) is 10.8 Å². The number of aromatic nitrogens is 5. The molecule has 0 saturated carbocycles. The van der Waals surface area contributed by atoms with Crippen molar-refractivity contribution in [2.45, 2.75) is 19.8 Å². The third kappa shape index (κ3) is 3.95. The molecule has 3 aromatic heterocycles. The minimum absolute atomic E-state index is 0.297. The van der Waals surface area contributed by atoms with Crippen molar-refractivity contribution in [3.8, 4) is 21.4 Å². The molecule has 0 fully saturated rings. The Morgan fingerprint density at radius 1 is 1.04 bits per heavy atom. The number of carbonyl (C=O) groups excluding carboxylic acids is 1. The van der Waals surface area contributed by atoms with E-state index in [4.69, 9.17) is 0 Å². The smallest absolute Gasteiger partial charge is 0.276 e. The molecule has 9 heteroatoms. The third-order valence-corrected chi connectivity index (χ3v) is 5.69. The highest BCUT2D eigenvalue weighted by molar-refractivity contribution is 7.18. The Morgan fingerprint density at radius 3 is 2.50 bits per heavy atom. The van der Waals surface area contributed by atoms with Gasteiger partial charge >= 0.3 is 0 Å². The van der Waals surface area contributed by atoms with Crippen LogP contribution in [0.15, 0.2) is 48.1 Å². The number of amides is 1. The van der Waals surface area contributed by atoms with Gasteiger partial charge in [-0.05, 0) is 17.5 Å². The van der Waals surface area contributed by atoms with E-state index in [2.05, 4.69) is 56.4 Å². The average Bonchev–Trinajstić information content (AvgIpc) is 3.39. The van der Waals surface area contributed by atoms with Crippen molar-refractivity contribution in [2.24, 2.45) is 0 Å². The first-order chi connectivity index (χ1) is 13.6. The number of rotatable bonds is 5. The number of thiazole rings is 1. The zero-order valence-corrected chi connectivity index (χ0v) is 16.8. The quantitative estimate of drug-likeness (QED) is 0.523. The molecule has 0 aliphatic carbocycles. The van der Waals surface area contributed by atoms with Crippen LogP contribution in [0.5, 0.6) is 0 Å². The Kier molecular flexibility index (Phi) is 5.18. The van der Waals surface area contributed by atoms with Gasteiger partial charge in [-0.3, -0.25) is 10.1 Å². The van der Waals surface area contributed by atoms with Crippen molar-refractivity contribution < 1.29 is 4.79 Å². The van der Waals surface area contributed by atoms with E-state index in [-0.39, 0.29) is 5.91 Å². The van der Waals surface area contributed by atoms with Crippen molar-refractivity contribution in [2.75, 3.05) is 5.32 Å². The molecule has 7 nitrogen and oxygen atoms in total. The van der Waals surface area contributed by atoms with Crippen molar-refractivity contribution >= 4 is 33.7 Å². The second-order valence-electron chi connectivity index (χ2n) is 6.25. The molecule has 4 aromatic rings. The van der Waals surface area contributed by atoms with Crippen LogP contribution in [0.2, 0.25) is 0 Å². The first kappa shape index (κ1) is 18.3. The van der Waals surface area contributed by atoms with Gasteiger partial charge in [0.25, 0.3) is 5.91 Å². The van der Waals surface area contributed by atoms with Gasteiger partial charge in [-0.1, -0.05) is 49.4 Å². The fourth-order valence-corrected chi connectivity index (χ4v) is 3.94. The predicted octanol–water partition coefficient (Wildman–Crippen LogP) is 4.49. The van der Waals surface area contributed by atoms with Crippen LogP contribution in [-0.2, 0) is 0 Å². The Labute approximate surface area is 169 Å². The van der Waals surface area contributed by atoms with Gasteiger partial charge in [0.05, 0.1) is 0 Å². The summed E-state index contributed by atoms with van der Waals surface area (Å²) in [6.45, 7) is 4.31. The number of carbonyl (C=O) groups is 1. The number of nitrogens with zero attached hydrogens (tertiary/aromatic N) is 5. The van der Waals surface area contributed by atoms with Crippen LogP contribution in [-0.4, -0.2) is 31.1 Å². The summed E-state index contributed by atoms with van der Waals surface area (Å²) in [7, 11) is 0. The molecular weight excluding hydrogens is 392 g/mol. The summed E-state index contributed by atoms with van der Waals surface area (Å²) in [5, 5.41) is 14.4. The van der Waals surface area contributed by atoms with Gasteiger partial charge in [0.2, 0.25) is 5.13 Å². The molecule has 1 aromatic carbocycles. The van der Waals surface area contributed by atoms with Crippen LogP contribution in [0, 0.1) is 0 Å². The average molecular weight is 409 g/mol. The molecule has 1 N–H and O–H groups in total. The molecule has 0 aliphatic rings. The van der Waals surface area contributed by atoms with Crippen LogP contribution in [0.4, 0.5) is 5.13 Å². The molecule has 0 bridgehead atoms. The minimum Gasteiger partial charge on any atom is -0.295 e. The maximum absolute atomic E-state index is 12.5. The topological polar surface area (TPSA) is 93.6 Å². The molecule has 0 unspecified atom stereocenters. The third-order valence-electron chi connectivity index (χ3n) is 3.96. The number of hydrogen-bond acceptors (Lipinski definition) is 8. The maximum atomic E-state index is 12.5. The molecule has 0 atom stereocenters. The van der Waals surface area contributed by atoms with E-state index in [9.17, 15) is 4.79 Å².